The number of esters is 3. The molecule has 0 bridgehead atoms. The fourth-order valence-electron chi connectivity index (χ4n) is 8.74. The van der Waals surface area contributed by atoms with Crippen molar-refractivity contribution in [2.24, 2.45) is 0 Å². The molecular formula is C74H120O6. The summed E-state index contributed by atoms with van der Waals surface area (Å²) >= 11 is 0. The molecule has 0 aromatic rings. The first-order chi connectivity index (χ1) is 39.5. The second-order valence-electron chi connectivity index (χ2n) is 21.3. The number of rotatable bonds is 58. The van der Waals surface area contributed by atoms with Gasteiger partial charge in [-0.1, -0.05) is 289 Å². The largest absolute Gasteiger partial charge is 0.462 e. The van der Waals surface area contributed by atoms with Gasteiger partial charge in [-0.05, 0) is 122 Å². The van der Waals surface area contributed by atoms with Gasteiger partial charge in [0.2, 0.25) is 0 Å². The Balaban J connectivity index is 4.38. The Hall–Kier alpha value is -4.71. The standard InChI is InChI=1S/C74H120O6/c1-4-7-10-13-16-19-22-25-27-29-31-33-34-35-36-37-38-39-40-42-43-45-47-49-52-55-58-61-64-67-73(76)79-70-71(69-78-72(75)66-63-60-57-54-51-24-21-18-15-12-9-6-3)80-74(77)68-65-62-59-56-53-50-48-46-44-41-32-30-28-26-23-20-17-14-11-8-5-2/h7-8,10-11,16-17,19-20,25-28,31-33,35-36,38-39,41-43,46,48,71H,4-6,9,12-15,18,21-24,29-30,34,37,40,44-45,47,49-70H2,1-3H3/b10-7-,11-8-,19-16-,20-17-,27-25-,28-26-,33-31-,36-35-,39-38-,41-32-,43-42-,48-46-. The summed E-state index contributed by atoms with van der Waals surface area (Å²) in [4.78, 5) is 38.3. The zero-order chi connectivity index (χ0) is 57.8. The molecule has 0 heterocycles. The third kappa shape index (κ3) is 64.1. The SMILES string of the molecule is CC/C=C\C/C=C\C/C=C\C/C=C\C/C=C\C/C=C\C/C=C\CCCCCCCCCC(=O)OCC(COC(=O)CCCCCCCCCCCCCC)OC(=O)CCCCCCC/C=C\C/C=C\C/C=C\C/C=C\C/C=C\CC. The summed E-state index contributed by atoms with van der Waals surface area (Å²) < 4.78 is 16.9. The molecule has 452 valence electrons. The molecule has 0 fully saturated rings. The molecule has 0 saturated heterocycles. The minimum Gasteiger partial charge on any atom is -0.462 e. The van der Waals surface area contributed by atoms with Gasteiger partial charge < -0.3 is 14.2 Å². The van der Waals surface area contributed by atoms with E-state index in [1.165, 1.54) is 83.5 Å². The van der Waals surface area contributed by atoms with Crippen LogP contribution >= 0.6 is 0 Å². The van der Waals surface area contributed by atoms with Gasteiger partial charge in [0.15, 0.2) is 6.10 Å². The minimum atomic E-state index is -0.799. The second kappa shape index (κ2) is 66.8. The molecular weight excluding hydrogens is 985 g/mol. The number of hydrogen-bond acceptors (Lipinski definition) is 6. The summed E-state index contributed by atoms with van der Waals surface area (Å²) in [6.07, 6.45) is 95.6. The van der Waals surface area contributed by atoms with E-state index in [1.54, 1.807) is 0 Å². The maximum Gasteiger partial charge on any atom is 0.306 e. The van der Waals surface area contributed by atoms with Crippen LogP contribution in [0.2, 0.25) is 0 Å². The van der Waals surface area contributed by atoms with Crippen LogP contribution in [0.4, 0.5) is 0 Å². The van der Waals surface area contributed by atoms with Crippen LogP contribution in [0.25, 0.3) is 0 Å². The summed E-state index contributed by atoms with van der Waals surface area (Å²) in [5.41, 5.74) is 0. The van der Waals surface area contributed by atoms with Crippen molar-refractivity contribution in [2.75, 3.05) is 13.2 Å². The predicted octanol–water partition coefficient (Wildman–Crippen LogP) is 22.7. The predicted molar refractivity (Wildman–Crippen MR) is 348 cm³/mol. The van der Waals surface area contributed by atoms with Gasteiger partial charge in [-0.15, -0.1) is 0 Å². The Bertz CT molecular complexity index is 1750. The highest BCUT2D eigenvalue weighted by Gasteiger charge is 2.19. The highest BCUT2D eigenvalue weighted by Crippen LogP contribution is 2.15. The molecule has 0 radical (unpaired) electrons. The Morgan fingerprint density at radius 3 is 0.762 bits per heavy atom. The quantitative estimate of drug-likeness (QED) is 0.0261. The van der Waals surface area contributed by atoms with Crippen molar-refractivity contribution in [3.05, 3.63) is 146 Å². The Morgan fingerprint density at radius 1 is 0.263 bits per heavy atom. The number of carbonyl (C=O) groups excluding carboxylic acids is 3. The number of unbranched alkanes of at least 4 members (excludes halogenated alkanes) is 23. The number of carbonyl (C=O) groups is 3. The van der Waals surface area contributed by atoms with Crippen LogP contribution in [-0.4, -0.2) is 37.2 Å². The molecule has 0 aromatic carbocycles. The lowest BCUT2D eigenvalue weighted by atomic mass is 10.0. The molecule has 0 N–H and O–H groups in total. The lowest BCUT2D eigenvalue weighted by Gasteiger charge is -2.18. The van der Waals surface area contributed by atoms with E-state index in [0.717, 1.165) is 161 Å². The van der Waals surface area contributed by atoms with Crippen molar-refractivity contribution in [1.82, 2.24) is 0 Å². The van der Waals surface area contributed by atoms with Gasteiger partial charge in [0.05, 0.1) is 0 Å². The van der Waals surface area contributed by atoms with Crippen molar-refractivity contribution in [2.45, 2.75) is 290 Å². The average Bonchev–Trinajstić information content (AvgIpc) is 3.46. The summed E-state index contributed by atoms with van der Waals surface area (Å²) in [5.74, 6) is -0.921. The molecule has 0 aliphatic heterocycles. The second-order valence-corrected chi connectivity index (χ2v) is 21.3. The third-order valence-corrected chi connectivity index (χ3v) is 13.6. The van der Waals surface area contributed by atoms with E-state index in [0.29, 0.717) is 19.3 Å². The third-order valence-electron chi connectivity index (χ3n) is 13.6. The average molecular weight is 1110 g/mol. The number of allylic oxidation sites excluding steroid dienone is 24. The molecule has 0 amide bonds. The topological polar surface area (TPSA) is 78.9 Å². The van der Waals surface area contributed by atoms with Crippen LogP contribution in [0.3, 0.4) is 0 Å². The summed E-state index contributed by atoms with van der Waals surface area (Å²) in [6, 6.07) is 0. The normalized spacial score (nSPS) is 13.1. The monoisotopic (exact) mass is 1100 g/mol. The molecule has 6 heteroatoms. The highest BCUT2D eigenvalue weighted by atomic mass is 16.6. The van der Waals surface area contributed by atoms with E-state index in [1.807, 2.05) is 0 Å². The molecule has 6 nitrogen and oxygen atoms in total. The van der Waals surface area contributed by atoms with Gasteiger partial charge in [0.25, 0.3) is 0 Å². The molecule has 0 aromatic heterocycles. The Labute approximate surface area is 493 Å². The van der Waals surface area contributed by atoms with Crippen molar-refractivity contribution in [3.8, 4) is 0 Å². The molecule has 0 spiro atoms. The molecule has 0 saturated carbocycles. The van der Waals surface area contributed by atoms with E-state index in [4.69, 9.17) is 14.2 Å². The summed E-state index contributed by atoms with van der Waals surface area (Å²) in [6.45, 7) is 6.39. The van der Waals surface area contributed by atoms with Crippen LogP contribution in [0, 0.1) is 0 Å². The molecule has 1 atom stereocenters. The number of hydrogen-bond donors (Lipinski definition) is 0. The zero-order valence-electron chi connectivity index (χ0n) is 51.8. The van der Waals surface area contributed by atoms with Gasteiger partial charge in [-0.3, -0.25) is 14.4 Å². The summed E-state index contributed by atoms with van der Waals surface area (Å²) in [7, 11) is 0. The fraction of sp³-hybridized carbons (Fsp3) is 0.635. The number of ether oxygens (including phenoxy) is 3. The van der Waals surface area contributed by atoms with Crippen molar-refractivity contribution in [3.63, 3.8) is 0 Å². The Kier molecular flexibility index (Phi) is 62.9. The molecule has 0 aliphatic carbocycles. The van der Waals surface area contributed by atoms with Gasteiger partial charge in [0, 0.05) is 19.3 Å². The van der Waals surface area contributed by atoms with Gasteiger partial charge in [0.1, 0.15) is 13.2 Å². The van der Waals surface area contributed by atoms with E-state index < -0.39 is 6.10 Å². The first-order valence-electron chi connectivity index (χ1n) is 32.8. The summed E-state index contributed by atoms with van der Waals surface area (Å²) in [5, 5.41) is 0. The maximum atomic E-state index is 12.9. The molecule has 0 aliphatic rings. The lowest BCUT2D eigenvalue weighted by Crippen LogP contribution is -2.30. The highest BCUT2D eigenvalue weighted by molar-refractivity contribution is 5.71. The zero-order valence-corrected chi connectivity index (χ0v) is 51.8. The van der Waals surface area contributed by atoms with Crippen molar-refractivity contribution < 1.29 is 28.6 Å². The molecule has 0 rings (SSSR count). The van der Waals surface area contributed by atoms with Crippen LogP contribution in [-0.2, 0) is 28.6 Å². The van der Waals surface area contributed by atoms with Gasteiger partial charge in [-0.25, -0.2) is 0 Å². The lowest BCUT2D eigenvalue weighted by molar-refractivity contribution is -0.167. The van der Waals surface area contributed by atoms with Crippen molar-refractivity contribution >= 4 is 17.9 Å². The first kappa shape index (κ1) is 75.3. The maximum absolute atomic E-state index is 12.9. The van der Waals surface area contributed by atoms with Crippen LogP contribution in [0.5, 0.6) is 0 Å². The smallest absolute Gasteiger partial charge is 0.306 e. The Morgan fingerprint density at radius 2 is 0.487 bits per heavy atom. The van der Waals surface area contributed by atoms with Gasteiger partial charge in [-0.2, -0.15) is 0 Å². The minimum absolute atomic E-state index is 0.0921. The van der Waals surface area contributed by atoms with E-state index >= 15 is 0 Å². The first-order valence-corrected chi connectivity index (χ1v) is 32.8. The van der Waals surface area contributed by atoms with Crippen LogP contribution in [0.1, 0.15) is 284 Å². The van der Waals surface area contributed by atoms with Crippen LogP contribution < -0.4 is 0 Å². The van der Waals surface area contributed by atoms with Gasteiger partial charge >= 0.3 is 17.9 Å². The van der Waals surface area contributed by atoms with E-state index in [-0.39, 0.29) is 31.1 Å². The van der Waals surface area contributed by atoms with E-state index in [2.05, 4.69) is 167 Å². The van der Waals surface area contributed by atoms with Crippen LogP contribution in [0.15, 0.2) is 146 Å². The van der Waals surface area contributed by atoms with Crippen molar-refractivity contribution in [1.29, 1.82) is 0 Å². The molecule has 1 unspecified atom stereocenters. The van der Waals surface area contributed by atoms with E-state index in [9.17, 15) is 14.4 Å². The fourth-order valence-corrected chi connectivity index (χ4v) is 8.74. The molecule has 80 heavy (non-hydrogen) atoms.